The van der Waals surface area contributed by atoms with E-state index in [1.165, 1.54) is 22.3 Å². The molecule has 1 heterocycles. The van der Waals surface area contributed by atoms with Crippen LogP contribution in [0.3, 0.4) is 0 Å². The van der Waals surface area contributed by atoms with Crippen LogP contribution >= 0.6 is 0 Å². The minimum atomic E-state index is 0.141. The highest BCUT2D eigenvalue weighted by Crippen LogP contribution is 2.21. The molecule has 0 fully saturated rings. The number of benzene rings is 2. The second-order valence-electron chi connectivity index (χ2n) is 7.23. The maximum atomic E-state index is 5.44. The van der Waals surface area contributed by atoms with Gasteiger partial charge in [-0.25, -0.2) is 4.98 Å². The Morgan fingerprint density at radius 3 is 2.18 bits per heavy atom. The van der Waals surface area contributed by atoms with Crippen molar-refractivity contribution >= 4 is 11.5 Å². The van der Waals surface area contributed by atoms with Crippen molar-refractivity contribution in [1.29, 1.82) is 0 Å². The van der Waals surface area contributed by atoms with E-state index >= 15 is 0 Å². The quantitative estimate of drug-likeness (QED) is 0.554. The molecule has 4 nitrogen and oxygen atoms in total. The molecule has 146 valence electrons. The molecule has 1 unspecified atom stereocenters. The summed E-state index contributed by atoms with van der Waals surface area (Å²) in [5.41, 5.74) is 6.06. The largest absolute Gasteiger partial charge is 0.383 e. The van der Waals surface area contributed by atoms with Crippen molar-refractivity contribution < 1.29 is 4.74 Å². The summed E-state index contributed by atoms with van der Waals surface area (Å²) < 4.78 is 5.44. The second-order valence-corrected chi connectivity index (χ2v) is 7.23. The standard InChI is InChI=1S/C24H29N3O/c1-18-6-10-20(11-7-18)15-22(17-28-3)27-24-23(5-4-14-25-24)26-16-21-12-8-19(2)9-13-21/h4-14,22,26H,15-17H2,1-3H3,(H,25,27). The zero-order valence-electron chi connectivity index (χ0n) is 16.9. The van der Waals surface area contributed by atoms with E-state index < -0.39 is 0 Å². The molecule has 0 aliphatic carbocycles. The Morgan fingerprint density at radius 2 is 1.54 bits per heavy atom. The van der Waals surface area contributed by atoms with Crippen molar-refractivity contribution in [2.24, 2.45) is 0 Å². The topological polar surface area (TPSA) is 46.2 Å². The Labute approximate surface area is 168 Å². The van der Waals surface area contributed by atoms with Crippen molar-refractivity contribution in [3.63, 3.8) is 0 Å². The molecule has 1 atom stereocenters. The molecule has 28 heavy (non-hydrogen) atoms. The lowest BCUT2D eigenvalue weighted by Crippen LogP contribution is -2.28. The number of nitrogens with one attached hydrogen (secondary N) is 2. The lowest BCUT2D eigenvalue weighted by Gasteiger charge is -2.21. The summed E-state index contributed by atoms with van der Waals surface area (Å²) in [7, 11) is 1.73. The van der Waals surface area contributed by atoms with Crippen molar-refractivity contribution in [3.05, 3.63) is 89.1 Å². The fraction of sp³-hybridized carbons (Fsp3) is 0.292. The molecule has 3 rings (SSSR count). The fourth-order valence-corrected chi connectivity index (χ4v) is 3.12. The number of ether oxygens (including phenoxy) is 1. The van der Waals surface area contributed by atoms with Gasteiger partial charge in [0.1, 0.15) is 5.82 Å². The summed E-state index contributed by atoms with van der Waals surface area (Å²) in [6.45, 7) is 5.58. The van der Waals surface area contributed by atoms with Gasteiger partial charge in [0.05, 0.1) is 18.3 Å². The van der Waals surface area contributed by atoms with Gasteiger partial charge in [-0.05, 0) is 43.5 Å². The highest BCUT2D eigenvalue weighted by molar-refractivity contribution is 5.64. The van der Waals surface area contributed by atoms with Gasteiger partial charge in [0.2, 0.25) is 0 Å². The normalized spacial score (nSPS) is 11.8. The van der Waals surface area contributed by atoms with Gasteiger partial charge in [0, 0.05) is 19.9 Å². The molecule has 1 aromatic heterocycles. The monoisotopic (exact) mass is 375 g/mol. The lowest BCUT2D eigenvalue weighted by molar-refractivity contribution is 0.185. The van der Waals surface area contributed by atoms with Gasteiger partial charge >= 0.3 is 0 Å². The van der Waals surface area contributed by atoms with E-state index in [2.05, 4.69) is 84.1 Å². The van der Waals surface area contributed by atoms with Crippen LogP contribution in [-0.2, 0) is 17.7 Å². The Kier molecular flexibility index (Phi) is 7.04. The fourth-order valence-electron chi connectivity index (χ4n) is 3.12. The summed E-state index contributed by atoms with van der Waals surface area (Å²) in [5, 5.41) is 7.06. The number of hydrogen-bond acceptors (Lipinski definition) is 4. The Morgan fingerprint density at radius 1 is 0.893 bits per heavy atom. The first kappa shape index (κ1) is 19.9. The highest BCUT2D eigenvalue weighted by Gasteiger charge is 2.13. The van der Waals surface area contributed by atoms with E-state index in [1.807, 2.05) is 12.3 Å². The number of pyridine rings is 1. The predicted molar refractivity (Wildman–Crippen MR) is 117 cm³/mol. The Bertz CT molecular complexity index is 860. The van der Waals surface area contributed by atoms with Gasteiger partial charge in [-0.15, -0.1) is 0 Å². The van der Waals surface area contributed by atoms with Crippen LogP contribution in [0.25, 0.3) is 0 Å². The number of methoxy groups -OCH3 is 1. The van der Waals surface area contributed by atoms with E-state index in [9.17, 15) is 0 Å². The molecule has 0 aliphatic heterocycles. The molecule has 3 aromatic rings. The van der Waals surface area contributed by atoms with E-state index in [0.717, 1.165) is 24.5 Å². The van der Waals surface area contributed by atoms with Gasteiger partial charge in [-0.3, -0.25) is 0 Å². The van der Waals surface area contributed by atoms with Crippen LogP contribution in [0.15, 0.2) is 66.9 Å². The summed E-state index contributed by atoms with van der Waals surface area (Å²) in [6.07, 6.45) is 2.69. The number of aryl methyl sites for hydroxylation is 2. The molecule has 0 amide bonds. The summed E-state index contributed by atoms with van der Waals surface area (Å²) in [4.78, 5) is 4.55. The van der Waals surface area contributed by atoms with Crippen LogP contribution in [0, 0.1) is 13.8 Å². The predicted octanol–water partition coefficient (Wildman–Crippen LogP) is 4.98. The van der Waals surface area contributed by atoms with Gasteiger partial charge < -0.3 is 15.4 Å². The Hall–Kier alpha value is -2.85. The average molecular weight is 376 g/mol. The first-order valence-corrected chi connectivity index (χ1v) is 9.69. The van der Waals surface area contributed by atoms with Crippen LogP contribution in [-0.4, -0.2) is 24.7 Å². The highest BCUT2D eigenvalue weighted by atomic mass is 16.5. The molecule has 0 saturated carbocycles. The maximum Gasteiger partial charge on any atom is 0.149 e. The molecule has 0 bridgehead atoms. The first-order valence-electron chi connectivity index (χ1n) is 9.69. The van der Waals surface area contributed by atoms with Gasteiger partial charge in [0.15, 0.2) is 0 Å². The summed E-state index contributed by atoms with van der Waals surface area (Å²) >= 11 is 0. The van der Waals surface area contributed by atoms with Crippen LogP contribution in [0.5, 0.6) is 0 Å². The minimum absolute atomic E-state index is 0.141. The lowest BCUT2D eigenvalue weighted by atomic mass is 10.0. The van der Waals surface area contributed by atoms with Gasteiger partial charge in [-0.2, -0.15) is 0 Å². The maximum absolute atomic E-state index is 5.44. The zero-order chi connectivity index (χ0) is 19.8. The zero-order valence-corrected chi connectivity index (χ0v) is 16.9. The third-order valence-electron chi connectivity index (χ3n) is 4.72. The number of nitrogens with zero attached hydrogens (tertiary/aromatic N) is 1. The van der Waals surface area contributed by atoms with Crippen LogP contribution in [0.2, 0.25) is 0 Å². The SMILES string of the molecule is COCC(Cc1ccc(C)cc1)Nc1ncccc1NCc1ccc(C)cc1. The minimum Gasteiger partial charge on any atom is -0.383 e. The van der Waals surface area contributed by atoms with E-state index in [4.69, 9.17) is 4.74 Å². The molecule has 0 radical (unpaired) electrons. The van der Waals surface area contributed by atoms with E-state index in [1.54, 1.807) is 7.11 Å². The summed E-state index contributed by atoms with van der Waals surface area (Å²) in [5.74, 6) is 0.851. The molecule has 4 heteroatoms. The van der Waals surface area contributed by atoms with E-state index in [0.29, 0.717) is 6.61 Å². The molecule has 0 aliphatic rings. The van der Waals surface area contributed by atoms with Crippen LogP contribution < -0.4 is 10.6 Å². The van der Waals surface area contributed by atoms with Crippen molar-refractivity contribution in [2.75, 3.05) is 24.4 Å². The number of rotatable bonds is 9. The summed E-state index contributed by atoms with van der Waals surface area (Å²) in [6, 6.07) is 21.4. The third kappa shape index (κ3) is 5.83. The molecular weight excluding hydrogens is 346 g/mol. The molecule has 2 N–H and O–H groups in total. The molecule has 2 aromatic carbocycles. The number of aromatic nitrogens is 1. The third-order valence-corrected chi connectivity index (χ3v) is 4.72. The second kappa shape index (κ2) is 9.90. The van der Waals surface area contributed by atoms with Crippen molar-refractivity contribution in [2.45, 2.75) is 32.9 Å². The van der Waals surface area contributed by atoms with Gasteiger partial charge in [-0.1, -0.05) is 59.7 Å². The number of hydrogen-bond donors (Lipinski definition) is 2. The van der Waals surface area contributed by atoms with E-state index in [-0.39, 0.29) is 6.04 Å². The van der Waals surface area contributed by atoms with Crippen LogP contribution in [0.1, 0.15) is 22.3 Å². The molecular formula is C24H29N3O. The average Bonchev–Trinajstić information content (AvgIpc) is 2.70. The first-order chi connectivity index (χ1) is 13.6. The smallest absolute Gasteiger partial charge is 0.149 e. The number of anilines is 2. The Balaban J connectivity index is 1.68. The van der Waals surface area contributed by atoms with Gasteiger partial charge in [0.25, 0.3) is 0 Å². The molecule has 0 spiro atoms. The van der Waals surface area contributed by atoms with Crippen molar-refractivity contribution in [3.8, 4) is 0 Å². The van der Waals surface area contributed by atoms with Crippen LogP contribution in [0.4, 0.5) is 11.5 Å². The van der Waals surface area contributed by atoms with Crippen molar-refractivity contribution in [1.82, 2.24) is 4.98 Å². The molecule has 0 saturated heterocycles.